The van der Waals surface area contributed by atoms with E-state index in [1.54, 1.807) is 6.07 Å². The maximum Gasteiger partial charge on any atom is 0.268 e. The molecule has 2 saturated heterocycles. The molecule has 1 spiro atoms. The van der Waals surface area contributed by atoms with Gasteiger partial charge in [-0.2, -0.15) is 0 Å². The van der Waals surface area contributed by atoms with Crippen molar-refractivity contribution in [1.29, 1.82) is 0 Å². The Morgan fingerprint density at radius 1 is 0.905 bits per heavy atom. The van der Waals surface area contributed by atoms with Gasteiger partial charge in [0, 0.05) is 35.5 Å². The van der Waals surface area contributed by atoms with E-state index < -0.39 is 0 Å². The number of benzene rings is 3. The number of rotatable bonds is 5. The first-order valence-electron chi connectivity index (χ1n) is 14.8. The zero-order valence-electron chi connectivity index (χ0n) is 24.6. The van der Waals surface area contributed by atoms with Crippen LogP contribution in [0.3, 0.4) is 0 Å². The van der Waals surface area contributed by atoms with Crippen LogP contribution in [0.2, 0.25) is 0 Å². The number of H-pyrrole nitrogens is 1. The molecule has 1 aromatic heterocycles. The molecule has 42 heavy (non-hydrogen) atoms. The Balaban J connectivity index is 0.000000744. The summed E-state index contributed by atoms with van der Waals surface area (Å²) in [7, 11) is 0. The van der Waals surface area contributed by atoms with Crippen LogP contribution in [-0.2, 0) is 4.79 Å². The zero-order chi connectivity index (χ0) is 29.6. The largest absolute Gasteiger partial charge is 0.351 e. The van der Waals surface area contributed by atoms with Gasteiger partial charge in [0.25, 0.3) is 11.8 Å². The second-order valence-corrected chi connectivity index (χ2v) is 12.4. The third-order valence-electron chi connectivity index (χ3n) is 8.90. The molecule has 3 amide bonds. The molecular formula is C35H38N4O3. The lowest BCUT2D eigenvalue weighted by molar-refractivity contribution is -0.144. The van der Waals surface area contributed by atoms with Gasteiger partial charge in [0.2, 0.25) is 5.91 Å². The molecule has 3 aromatic carbocycles. The number of aromatic amines is 1. The van der Waals surface area contributed by atoms with Crippen LogP contribution in [0, 0.1) is 17.8 Å². The molecule has 7 heteroatoms. The van der Waals surface area contributed by atoms with E-state index in [1.807, 2.05) is 88.7 Å². The molecule has 1 aliphatic carbocycles. The number of nitrogens with zero attached hydrogens (tertiary/aromatic N) is 2. The Morgan fingerprint density at radius 2 is 1.60 bits per heavy atom. The van der Waals surface area contributed by atoms with E-state index in [1.165, 1.54) is 0 Å². The summed E-state index contributed by atoms with van der Waals surface area (Å²) in [5.74, 6) is 1.07. The van der Waals surface area contributed by atoms with Crippen LogP contribution < -0.4 is 5.32 Å². The quantitative estimate of drug-likeness (QED) is 0.332. The molecule has 0 bridgehead atoms. The van der Waals surface area contributed by atoms with Gasteiger partial charge >= 0.3 is 0 Å². The van der Waals surface area contributed by atoms with Gasteiger partial charge in [-0.05, 0) is 47.2 Å². The number of amides is 3. The fourth-order valence-electron chi connectivity index (χ4n) is 6.90. The second-order valence-electron chi connectivity index (χ2n) is 12.4. The van der Waals surface area contributed by atoms with Gasteiger partial charge in [0.15, 0.2) is 0 Å². The molecule has 0 radical (unpaired) electrons. The molecule has 7 nitrogen and oxygen atoms in total. The summed E-state index contributed by atoms with van der Waals surface area (Å²) in [4.78, 5) is 46.4. The van der Waals surface area contributed by atoms with Gasteiger partial charge in [-0.1, -0.05) is 88.4 Å². The van der Waals surface area contributed by atoms with E-state index >= 15 is 0 Å². The summed E-state index contributed by atoms with van der Waals surface area (Å²) in [5, 5.41) is 3.73. The van der Waals surface area contributed by atoms with Crippen molar-refractivity contribution in [3.8, 4) is 11.1 Å². The zero-order valence-corrected chi connectivity index (χ0v) is 24.6. The maximum atomic E-state index is 13.6. The first-order chi connectivity index (χ1) is 20.2. The number of para-hydroxylation sites is 1. The van der Waals surface area contributed by atoms with Crippen LogP contribution in [0.4, 0.5) is 0 Å². The second kappa shape index (κ2) is 10.8. The number of hydrogen-bond acceptors (Lipinski definition) is 3. The van der Waals surface area contributed by atoms with Crippen LogP contribution in [0.1, 0.15) is 48.5 Å². The predicted molar refractivity (Wildman–Crippen MR) is 165 cm³/mol. The van der Waals surface area contributed by atoms with E-state index in [0.717, 1.165) is 27.9 Å². The first-order valence-corrected chi connectivity index (χ1v) is 14.8. The molecule has 3 unspecified atom stereocenters. The summed E-state index contributed by atoms with van der Waals surface area (Å²) in [6, 6.07) is 27.3. The average molecular weight is 563 g/mol. The van der Waals surface area contributed by atoms with E-state index in [4.69, 9.17) is 0 Å². The minimum atomic E-state index is -0.300. The SMILES string of the molecule is CC(C)C.C[C@H]1C2CN(C(=O)c3cccc(-c4ccccc4)c3)C3CN(C(=O)CNC(=O)c4cc5ccccc5[nH]4)C231. The summed E-state index contributed by atoms with van der Waals surface area (Å²) in [6.45, 7) is 9.77. The van der Waals surface area contributed by atoms with Crippen LogP contribution in [0.25, 0.3) is 22.0 Å². The molecule has 3 heterocycles. The number of piperidine rings is 1. The highest BCUT2D eigenvalue weighted by molar-refractivity contribution is 6.00. The highest BCUT2D eigenvalue weighted by Gasteiger charge is 2.81. The lowest BCUT2D eigenvalue weighted by Gasteiger charge is -2.51. The van der Waals surface area contributed by atoms with E-state index in [9.17, 15) is 14.4 Å². The minimum absolute atomic E-state index is 0.0174. The monoisotopic (exact) mass is 562 g/mol. The number of nitrogens with one attached hydrogen (secondary N) is 2. The van der Waals surface area contributed by atoms with Gasteiger partial charge in [-0.15, -0.1) is 0 Å². The molecule has 216 valence electrons. The molecule has 3 aliphatic rings. The van der Waals surface area contributed by atoms with Crippen molar-refractivity contribution in [1.82, 2.24) is 20.1 Å². The van der Waals surface area contributed by atoms with Crippen LogP contribution in [-0.4, -0.2) is 63.7 Å². The Morgan fingerprint density at radius 3 is 2.33 bits per heavy atom. The van der Waals surface area contributed by atoms with Crippen molar-refractivity contribution in [2.45, 2.75) is 39.3 Å². The molecule has 3 fully saturated rings. The molecular weight excluding hydrogens is 524 g/mol. The Labute approximate surface area is 246 Å². The third kappa shape index (κ3) is 4.67. The maximum absolute atomic E-state index is 13.6. The molecule has 2 aliphatic heterocycles. The number of carbonyl (C=O) groups is 3. The Kier molecular flexibility index (Phi) is 7.13. The van der Waals surface area contributed by atoms with E-state index in [2.05, 4.69) is 38.0 Å². The van der Waals surface area contributed by atoms with E-state index in [-0.39, 0.29) is 41.8 Å². The van der Waals surface area contributed by atoms with Gasteiger partial charge in [0.05, 0.1) is 18.1 Å². The molecule has 7 rings (SSSR count). The average Bonchev–Trinajstić information content (AvgIpc) is 3.26. The highest BCUT2D eigenvalue weighted by Crippen LogP contribution is 2.67. The van der Waals surface area contributed by atoms with E-state index in [0.29, 0.717) is 30.3 Å². The van der Waals surface area contributed by atoms with Crippen molar-refractivity contribution >= 4 is 28.6 Å². The Hall–Kier alpha value is -4.39. The number of carbonyl (C=O) groups excluding carboxylic acids is 3. The van der Waals surface area contributed by atoms with Crippen molar-refractivity contribution in [3.63, 3.8) is 0 Å². The molecule has 2 N–H and O–H groups in total. The third-order valence-corrected chi connectivity index (χ3v) is 8.90. The number of hydrogen-bond donors (Lipinski definition) is 2. The highest BCUT2D eigenvalue weighted by atomic mass is 16.2. The van der Waals surface area contributed by atoms with Gasteiger partial charge in [0.1, 0.15) is 5.69 Å². The smallest absolute Gasteiger partial charge is 0.268 e. The van der Waals surface area contributed by atoms with Crippen molar-refractivity contribution < 1.29 is 14.4 Å². The van der Waals surface area contributed by atoms with Crippen LogP contribution in [0.5, 0.6) is 0 Å². The van der Waals surface area contributed by atoms with Gasteiger partial charge in [-0.3, -0.25) is 14.4 Å². The lowest BCUT2D eigenvalue weighted by Crippen LogP contribution is -2.70. The van der Waals surface area contributed by atoms with Gasteiger partial charge < -0.3 is 20.1 Å². The topological polar surface area (TPSA) is 85.5 Å². The summed E-state index contributed by atoms with van der Waals surface area (Å²) in [5.41, 5.74) is 3.78. The standard InChI is InChI=1S/C31H28N4O3.C4H10/c1-19-24-17-34(30(38)23-12-7-11-21(14-23)20-8-3-2-4-9-20)27-18-35(31(19,24)27)28(36)16-32-29(37)26-15-22-10-5-6-13-25(22)33-26;1-4(2)3/h2-15,19,24,27,33H,16-18H2,1H3,(H,32,37);4H,1-3H3/t19-,24?,27?,31?;/m0./s1. The summed E-state index contributed by atoms with van der Waals surface area (Å²) >= 11 is 0. The summed E-state index contributed by atoms with van der Waals surface area (Å²) in [6.07, 6.45) is 0. The molecule has 1 saturated carbocycles. The Bertz CT molecular complexity index is 1610. The number of likely N-dealkylation sites (tertiary alicyclic amines) is 2. The number of fused-ring (bicyclic) bond motifs is 1. The van der Waals surface area contributed by atoms with Crippen LogP contribution >= 0.6 is 0 Å². The normalized spacial score (nSPS) is 23.4. The minimum Gasteiger partial charge on any atom is -0.351 e. The van der Waals surface area contributed by atoms with Crippen molar-refractivity contribution in [2.75, 3.05) is 19.6 Å². The lowest BCUT2D eigenvalue weighted by atomic mass is 9.90. The summed E-state index contributed by atoms with van der Waals surface area (Å²) < 4.78 is 0. The molecule has 4 aromatic rings. The molecule has 4 atom stereocenters. The number of aromatic nitrogens is 1. The van der Waals surface area contributed by atoms with Crippen molar-refractivity contribution in [3.05, 3.63) is 96.2 Å². The van der Waals surface area contributed by atoms with Crippen molar-refractivity contribution in [2.24, 2.45) is 17.8 Å². The van der Waals surface area contributed by atoms with Crippen LogP contribution in [0.15, 0.2) is 84.9 Å². The van der Waals surface area contributed by atoms with Gasteiger partial charge in [-0.25, -0.2) is 0 Å². The predicted octanol–water partition coefficient (Wildman–Crippen LogP) is 5.60. The first kappa shape index (κ1) is 27.8. The fourth-order valence-corrected chi connectivity index (χ4v) is 6.90. The fraction of sp³-hybridized carbons (Fsp3) is 0.343.